The van der Waals surface area contributed by atoms with Crippen molar-refractivity contribution in [2.75, 3.05) is 5.43 Å². The number of anilines is 1. The van der Waals surface area contributed by atoms with Crippen LogP contribution in [0.25, 0.3) is 10.8 Å². The second kappa shape index (κ2) is 9.64. The van der Waals surface area contributed by atoms with Gasteiger partial charge in [0.05, 0.1) is 10.6 Å². The van der Waals surface area contributed by atoms with Gasteiger partial charge in [-0.15, -0.1) is 0 Å². The van der Waals surface area contributed by atoms with E-state index in [2.05, 4.69) is 15.6 Å². The van der Waals surface area contributed by atoms with Crippen molar-refractivity contribution in [2.45, 2.75) is 17.4 Å². The Morgan fingerprint density at radius 3 is 2.09 bits per heavy atom. The number of hydrogen-bond donors (Lipinski definition) is 3. The molecule has 3 N–H and O–H groups in total. The van der Waals surface area contributed by atoms with Crippen molar-refractivity contribution < 1.29 is 13.2 Å². The molecule has 4 aromatic carbocycles. The number of benzene rings is 4. The van der Waals surface area contributed by atoms with Gasteiger partial charge in [-0.2, -0.15) is 4.72 Å². The molecule has 0 aliphatic carbocycles. The molecule has 4 aromatic rings. The molecule has 0 aromatic heterocycles. The molecule has 1 unspecified atom stereocenters. The molecule has 32 heavy (non-hydrogen) atoms. The molecule has 0 saturated carbocycles. The largest absolute Gasteiger partial charge is 0.299 e. The summed E-state index contributed by atoms with van der Waals surface area (Å²) in [7, 11) is -3.94. The Kier molecular flexibility index (Phi) is 6.49. The van der Waals surface area contributed by atoms with Gasteiger partial charge >= 0.3 is 0 Å². The van der Waals surface area contributed by atoms with E-state index in [1.54, 1.807) is 30.3 Å². The molecule has 7 heteroatoms. The van der Waals surface area contributed by atoms with Gasteiger partial charge in [0.1, 0.15) is 6.04 Å². The lowest BCUT2D eigenvalue weighted by Gasteiger charge is -2.19. The Bertz CT molecular complexity index is 1310. The van der Waals surface area contributed by atoms with Gasteiger partial charge in [0, 0.05) is 0 Å². The van der Waals surface area contributed by atoms with Crippen molar-refractivity contribution in [3.63, 3.8) is 0 Å². The van der Waals surface area contributed by atoms with E-state index in [9.17, 15) is 13.2 Å². The van der Waals surface area contributed by atoms with E-state index in [-0.39, 0.29) is 11.3 Å². The second-order valence-electron chi connectivity index (χ2n) is 7.35. The number of rotatable bonds is 8. The molecule has 162 valence electrons. The van der Waals surface area contributed by atoms with E-state index in [0.717, 1.165) is 16.3 Å². The molecule has 0 saturated heterocycles. The number of sulfonamides is 1. The fourth-order valence-corrected chi connectivity index (χ4v) is 4.60. The average molecular weight is 446 g/mol. The lowest BCUT2D eigenvalue weighted by molar-refractivity contribution is -0.122. The molecule has 0 bridgehead atoms. The molecule has 1 amide bonds. The summed E-state index contributed by atoms with van der Waals surface area (Å²) in [5.74, 6) is -0.484. The Morgan fingerprint density at radius 1 is 0.750 bits per heavy atom. The lowest BCUT2D eigenvalue weighted by Crippen LogP contribution is -2.49. The molecular formula is C25H23N3O3S. The fourth-order valence-electron chi connectivity index (χ4n) is 3.37. The number of para-hydroxylation sites is 1. The number of carbonyl (C=O) groups excluding carboxylic acids is 1. The minimum absolute atomic E-state index is 0.109. The molecule has 0 spiro atoms. The SMILES string of the molecule is O=C(NNc1ccccc1)C(Cc1ccccc1)NS(=O)(=O)c1ccc2ccccc2c1. The maximum absolute atomic E-state index is 13.1. The first-order valence-electron chi connectivity index (χ1n) is 10.2. The Morgan fingerprint density at radius 2 is 1.38 bits per heavy atom. The third-order valence-corrected chi connectivity index (χ3v) is 6.50. The van der Waals surface area contributed by atoms with E-state index in [0.29, 0.717) is 5.69 Å². The molecule has 0 aliphatic rings. The van der Waals surface area contributed by atoms with Crippen molar-refractivity contribution in [3.05, 3.63) is 109 Å². The summed E-state index contributed by atoms with van der Waals surface area (Å²) in [5.41, 5.74) is 6.97. The molecule has 0 radical (unpaired) electrons. The highest BCUT2D eigenvalue weighted by atomic mass is 32.2. The smallest absolute Gasteiger partial charge is 0.256 e. The van der Waals surface area contributed by atoms with Crippen LogP contribution in [0.1, 0.15) is 5.56 Å². The molecule has 6 nitrogen and oxygen atoms in total. The van der Waals surface area contributed by atoms with E-state index in [1.165, 1.54) is 0 Å². The second-order valence-corrected chi connectivity index (χ2v) is 9.07. The van der Waals surface area contributed by atoms with Crippen LogP contribution < -0.4 is 15.6 Å². The molecule has 1 atom stereocenters. The van der Waals surface area contributed by atoms with Gasteiger partial charge in [-0.25, -0.2) is 8.42 Å². The van der Waals surface area contributed by atoms with Gasteiger partial charge < -0.3 is 0 Å². The average Bonchev–Trinajstić information content (AvgIpc) is 2.83. The van der Waals surface area contributed by atoms with Crippen LogP contribution >= 0.6 is 0 Å². The van der Waals surface area contributed by atoms with Gasteiger partial charge in [0.25, 0.3) is 5.91 Å². The minimum atomic E-state index is -3.94. The zero-order valence-corrected chi connectivity index (χ0v) is 18.0. The fraction of sp³-hybridized carbons (Fsp3) is 0.0800. The Balaban J connectivity index is 1.57. The van der Waals surface area contributed by atoms with Crippen molar-refractivity contribution >= 4 is 32.4 Å². The van der Waals surface area contributed by atoms with Crippen LogP contribution in [0, 0.1) is 0 Å². The van der Waals surface area contributed by atoms with Crippen molar-refractivity contribution in [1.82, 2.24) is 10.1 Å². The predicted molar refractivity (Wildman–Crippen MR) is 126 cm³/mol. The number of nitrogens with one attached hydrogen (secondary N) is 3. The summed E-state index contributed by atoms with van der Waals surface area (Å²) in [5, 5.41) is 1.75. The molecule has 0 aliphatic heterocycles. The van der Waals surface area contributed by atoms with E-state index >= 15 is 0 Å². The summed E-state index contributed by atoms with van der Waals surface area (Å²) in [4.78, 5) is 13.1. The number of hydrogen-bond acceptors (Lipinski definition) is 4. The van der Waals surface area contributed by atoms with Crippen molar-refractivity contribution in [3.8, 4) is 0 Å². The standard InChI is InChI=1S/C25H23N3O3S/c29-25(27-26-22-13-5-2-6-14-22)24(17-19-9-3-1-4-10-19)28-32(30,31)23-16-15-20-11-7-8-12-21(20)18-23/h1-16,18,24,26,28H,17H2,(H,27,29). The third-order valence-electron chi connectivity index (χ3n) is 5.03. The van der Waals surface area contributed by atoms with Gasteiger partial charge in [-0.3, -0.25) is 15.6 Å². The lowest BCUT2D eigenvalue weighted by atomic mass is 10.1. The molecular weight excluding hydrogens is 422 g/mol. The van der Waals surface area contributed by atoms with Crippen molar-refractivity contribution in [1.29, 1.82) is 0 Å². The molecule has 4 rings (SSSR count). The highest BCUT2D eigenvalue weighted by Crippen LogP contribution is 2.19. The zero-order chi connectivity index (χ0) is 22.4. The van der Waals surface area contributed by atoms with Crippen LogP contribution in [-0.4, -0.2) is 20.4 Å². The summed E-state index contributed by atoms with van der Waals surface area (Å²) >= 11 is 0. The van der Waals surface area contributed by atoms with E-state index in [1.807, 2.05) is 72.8 Å². The highest BCUT2D eigenvalue weighted by molar-refractivity contribution is 7.89. The van der Waals surface area contributed by atoms with E-state index < -0.39 is 22.0 Å². The van der Waals surface area contributed by atoms with Crippen LogP contribution in [0.2, 0.25) is 0 Å². The number of hydrazine groups is 1. The normalized spacial score (nSPS) is 12.2. The Labute approximate surface area is 187 Å². The van der Waals surface area contributed by atoms with Crippen LogP contribution in [0.4, 0.5) is 5.69 Å². The van der Waals surface area contributed by atoms with Crippen LogP contribution in [-0.2, 0) is 21.2 Å². The topological polar surface area (TPSA) is 87.3 Å². The third kappa shape index (κ3) is 5.32. The van der Waals surface area contributed by atoms with Crippen molar-refractivity contribution in [2.24, 2.45) is 0 Å². The molecule has 0 heterocycles. The summed E-state index contributed by atoms with van der Waals surface area (Å²) in [6.07, 6.45) is 0.204. The predicted octanol–water partition coefficient (Wildman–Crippen LogP) is 3.87. The maximum Gasteiger partial charge on any atom is 0.256 e. The van der Waals surface area contributed by atoms with Gasteiger partial charge in [-0.05, 0) is 47.0 Å². The quantitative estimate of drug-likeness (QED) is 0.359. The van der Waals surface area contributed by atoms with Gasteiger partial charge in [0.2, 0.25) is 10.0 Å². The van der Waals surface area contributed by atoms with Gasteiger partial charge in [0.15, 0.2) is 0 Å². The number of fused-ring (bicyclic) bond motifs is 1. The Hall–Kier alpha value is -3.68. The monoisotopic (exact) mass is 445 g/mol. The first kappa shape index (κ1) is 21.5. The first-order valence-corrected chi connectivity index (χ1v) is 11.7. The first-order chi connectivity index (χ1) is 15.5. The zero-order valence-electron chi connectivity index (χ0n) is 17.2. The number of amides is 1. The molecule has 0 fully saturated rings. The minimum Gasteiger partial charge on any atom is -0.299 e. The summed E-state index contributed by atoms with van der Waals surface area (Å²) < 4.78 is 28.9. The maximum atomic E-state index is 13.1. The number of carbonyl (C=O) groups is 1. The van der Waals surface area contributed by atoms with Crippen LogP contribution in [0.15, 0.2) is 108 Å². The van der Waals surface area contributed by atoms with Gasteiger partial charge in [-0.1, -0.05) is 78.9 Å². The highest BCUT2D eigenvalue weighted by Gasteiger charge is 2.26. The van der Waals surface area contributed by atoms with E-state index in [4.69, 9.17) is 0 Å². The van der Waals surface area contributed by atoms with Crippen LogP contribution in [0.3, 0.4) is 0 Å². The summed E-state index contributed by atoms with van der Waals surface area (Å²) in [6.45, 7) is 0. The van der Waals surface area contributed by atoms with Crippen LogP contribution in [0.5, 0.6) is 0 Å². The summed E-state index contributed by atoms with van der Waals surface area (Å²) in [6, 6.07) is 29.8.